The molecule has 4 heteroatoms. The van der Waals surface area contributed by atoms with Crippen molar-refractivity contribution < 1.29 is 9.53 Å². The van der Waals surface area contributed by atoms with Crippen LogP contribution in [0.15, 0.2) is 0 Å². The van der Waals surface area contributed by atoms with Gasteiger partial charge in [-0.1, -0.05) is 13.3 Å². The Bertz CT molecular complexity index is 209. The molecule has 3 N–H and O–H groups in total. The summed E-state index contributed by atoms with van der Waals surface area (Å²) >= 11 is 0. The normalized spacial score (nSPS) is 20.5. The predicted octanol–water partition coefficient (Wildman–Crippen LogP) is 0.799. The highest BCUT2D eigenvalue weighted by molar-refractivity contribution is 5.87. The first-order valence-corrected chi connectivity index (χ1v) is 5.71. The fourth-order valence-corrected chi connectivity index (χ4v) is 1.86. The van der Waals surface area contributed by atoms with Crippen LogP contribution in [0.25, 0.3) is 0 Å². The fraction of sp³-hybridized carbons (Fsp3) is 0.909. The number of methoxy groups -OCH3 is 1. The Morgan fingerprint density at radius 2 is 2.27 bits per heavy atom. The first kappa shape index (κ1) is 12.5. The lowest BCUT2D eigenvalue weighted by molar-refractivity contribution is -0.130. The molecule has 0 aliphatic heterocycles. The summed E-state index contributed by atoms with van der Waals surface area (Å²) in [5.74, 6) is -0.00995. The fourth-order valence-electron chi connectivity index (χ4n) is 1.86. The van der Waals surface area contributed by atoms with E-state index in [0.29, 0.717) is 6.61 Å². The summed E-state index contributed by atoms with van der Waals surface area (Å²) in [5.41, 5.74) is 5.34. The summed E-state index contributed by atoms with van der Waals surface area (Å²) in [6.45, 7) is 2.66. The van der Waals surface area contributed by atoms with Gasteiger partial charge in [0.1, 0.15) is 0 Å². The number of carbonyl (C=O) groups excluding carboxylic acids is 1. The highest BCUT2D eigenvalue weighted by atomic mass is 16.5. The van der Waals surface area contributed by atoms with Crippen LogP contribution in [0.4, 0.5) is 0 Å². The molecule has 0 aromatic heterocycles. The van der Waals surface area contributed by atoms with E-state index in [1.165, 1.54) is 0 Å². The topological polar surface area (TPSA) is 64.3 Å². The van der Waals surface area contributed by atoms with Crippen LogP contribution in [-0.2, 0) is 9.53 Å². The van der Waals surface area contributed by atoms with Gasteiger partial charge in [0, 0.05) is 7.11 Å². The van der Waals surface area contributed by atoms with Crippen molar-refractivity contribution in [3.05, 3.63) is 0 Å². The Kier molecular flexibility index (Phi) is 4.54. The van der Waals surface area contributed by atoms with Gasteiger partial charge in [-0.05, 0) is 25.7 Å². The van der Waals surface area contributed by atoms with E-state index < -0.39 is 5.54 Å². The molecule has 4 nitrogen and oxygen atoms in total. The quantitative estimate of drug-likeness (QED) is 0.687. The van der Waals surface area contributed by atoms with Gasteiger partial charge in [0.25, 0.3) is 0 Å². The minimum atomic E-state index is -0.597. The van der Waals surface area contributed by atoms with E-state index in [0.717, 1.165) is 32.1 Å². The van der Waals surface area contributed by atoms with E-state index >= 15 is 0 Å². The average Bonchev–Trinajstić information content (AvgIpc) is 2.15. The van der Waals surface area contributed by atoms with Crippen LogP contribution in [0, 0.1) is 0 Å². The zero-order valence-electron chi connectivity index (χ0n) is 9.71. The predicted molar refractivity (Wildman–Crippen MR) is 59.5 cm³/mol. The third kappa shape index (κ3) is 3.18. The Morgan fingerprint density at radius 1 is 1.60 bits per heavy atom. The van der Waals surface area contributed by atoms with Crippen molar-refractivity contribution >= 4 is 5.91 Å². The van der Waals surface area contributed by atoms with Gasteiger partial charge in [-0.3, -0.25) is 4.79 Å². The summed E-state index contributed by atoms with van der Waals surface area (Å²) in [4.78, 5) is 11.8. The van der Waals surface area contributed by atoms with Crippen LogP contribution in [0.5, 0.6) is 0 Å². The Morgan fingerprint density at radius 3 is 2.67 bits per heavy atom. The van der Waals surface area contributed by atoms with Gasteiger partial charge in [-0.25, -0.2) is 0 Å². The van der Waals surface area contributed by atoms with Crippen molar-refractivity contribution in [2.75, 3.05) is 13.7 Å². The van der Waals surface area contributed by atoms with E-state index in [9.17, 15) is 4.79 Å². The molecule has 0 saturated heterocycles. The first-order valence-electron chi connectivity index (χ1n) is 5.71. The molecular formula is C11H22N2O2. The van der Waals surface area contributed by atoms with Crippen LogP contribution in [0.3, 0.4) is 0 Å². The van der Waals surface area contributed by atoms with E-state index in [1.54, 1.807) is 7.11 Å². The molecule has 1 aliphatic rings. The number of hydrogen-bond acceptors (Lipinski definition) is 3. The third-order valence-electron chi connectivity index (χ3n) is 3.04. The first-order chi connectivity index (χ1) is 7.12. The third-order valence-corrected chi connectivity index (χ3v) is 3.04. The Labute approximate surface area is 91.5 Å². The van der Waals surface area contributed by atoms with E-state index in [-0.39, 0.29) is 11.9 Å². The van der Waals surface area contributed by atoms with Crippen LogP contribution >= 0.6 is 0 Å². The number of hydrogen-bond donors (Lipinski definition) is 2. The van der Waals surface area contributed by atoms with Crippen molar-refractivity contribution in [2.24, 2.45) is 5.73 Å². The smallest absolute Gasteiger partial charge is 0.240 e. The van der Waals surface area contributed by atoms with Crippen LogP contribution in [-0.4, -0.2) is 31.2 Å². The van der Waals surface area contributed by atoms with Gasteiger partial charge in [0.15, 0.2) is 0 Å². The number of rotatable bonds is 6. The molecule has 1 saturated carbocycles. The van der Waals surface area contributed by atoms with E-state index in [4.69, 9.17) is 10.5 Å². The lowest BCUT2D eigenvalue weighted by Gasteiger charge is -2.37. The monoisotopic (exact) mass is 214 g/mol. The molecule has 1 fully saturated rings. The standard InChI is InChI=1S/C11H22N2O2/c1-3-5-9(8-15-2)13-10(14)11(12)6-4-7-11/h9H,3-8,12H2,1-2H3,(H,13,14). The van der Waals surface area contributed by atoms with Gasteiger partial charge >= 0.3 is 0 Å². The number of carbonyl (C=O) groups is 1. The van der Waals surface area contributed by atoms with Gasteiger partial charge in [-0.2, -0.15) is 0 Å². The molecule has 1 rings (SSSR count). The maximum absolute atomic E-state index is 11.8. The van der Waals surface area contributed by atoms with Gasteiger partial charge in [0.05, 0.1) is 18.2 Å². The van der Waals surface area contributed by atoms with Crippen molar-refractivity contribution in [3.8, 4) is 0 Å². The lowest BCUT2D eigenvalue weighted by Crippen LogP contribution is -2.60. The van der Waals surface area contributed by atoms with Gasteiger partial charge < -0.3 is 15.8 Å². The highest BCUT2D eigenvalue weighted by Gasteiger charge is 2.40. The molecule has 1 amide bonds. The van der Waals surface area contributed by atoms with Crippen LogP contribution < -0.4 is 11.1 Å². The van der Waals surface area contributed by atoms with Gasteiger partial charge in [0.2, 0.25) is 5.91 Å². The molecule has 0 aromatic rings. The minimum absolute atomic E-state index is 0.00995. The SMILES string of the molecule is CCCC(COC)NC(=O)C1(N)CCC1. The zero-order valence-corrected chi connectivity index (χ0v) is 9.71. The average molecular weight is 214 g/mol. The van der Waals surface area contributed by atoms with Gasteiger partial charge in [-0.15, -0.1) is 0 Å². The summed E-state index contributed by atoms with van der Waals surface area (Å²) in [7, 11) is 1.65. The minimum Gasteiger partial charge on any atom is -0.383 e. The largest absolute Gasteiger partial charge is 0.383 e. The zero-order chi connectivity index (χ0) is 11.3. The Hall–Kier alpha value is -0.610. The van der Waals surface area contributed by atoms with Crippen LogP contribution in [0.1, 0.15) is 39.0 Å². The summed E-state index contributed by atoms with van der Waals surface area (Å²) in [5, 5.41) is 2.97. The second-order valence-electron chi connectivity index (χ2n) is 4.42. The molecule has 0 aromatic carbocycles. The van der Waals surface area contributed by atoms with E-state index in [1.807, 2.05) is 0 Å². The molecule has 15 heavy (non-hydrogen) atoms. The second kappa shape index (κ2) is 5.47. The van der Waals surface area contributed by atoms with Crippen LogP contribution in [0.2, 0.25) is 0 Å². The molecule has 0 spiro atoms. The van der Waals surface area contributed by atoms with E-state index in [2.05, 4.69) is 12.2 Å². The number of amides is 1. The molecule has 1 atom stereocenters. The lowest BCUT2D eigenvalue weighted by atomic mass is 9.77. The number of ether oxygens (including phenoxy) is 1. The maximum atomic E-state index is 11.8. The Balaban J connectivity index is 2.39. The second-order valence-corrected chi connectivity index (χ2v) is 4.42. The van der Waals surface area contributed by atoms with Crippen molar-refractivity contribution in [1.82, 2.24) is 5.32 Å². The number of nitrogens with two attached hydrogens (primary N) is 1. The van der Waals surface area contributed by atoms with Crippen molar-refractivity contribution in [3.63, 3.8) is 0 Å². The summed E-state index contributed by atoms with van der Waals surface area (Å²) < 4.78 is 5.07. The molecular weight excluding hydrogens is 192 g/mol. The molecule has 88 valence electrons. The number of nitrogens with one attached hydrogen (secondary N) is 1. The van der Waals surface area contributed by atoms with Crippen molar-refractivity contribution in [1.29, 1.82) is 0 Å². The molecule has 1 aliphatic carbocycles. The summed E-state index contributed by atoms with van der Waals surface area (Å²) in [6.07, 6.45) is 4.66. The summed E-state index contributed by atoms with van der Waals surface area (Å²) in [6, 6.07) is 0.105. The molecule has 0 bridgehead atoms. The molecule has 1 unspecified atom stereocenters. The molecule has 0 heterocycles. The maximum Gasteiger partial charge on any atom is 0.240 e. The van der Waals surface area contributed by atoms with Crippen molar-refractivity contribution in [2.45, 2.75) is 50.6 Å². The highest BCUT2D eigenvalue weighted by Crippen LogP contribution is 2.29. The molecule has 0 radical (unpaired) electrons.